The van der Waals surface area contributed by atoms with Gasteiger partial charge in [0.2, 0.25) is 0 Å². The summed E-state index contributed by atoms with van der Waals surface area (Å²) in [5.41, 5.74) is 0.831. The van der Waals surface area contributed by atoms with E-state index in [0.717, 1.165) is 30.6 Å². The second-order valence-corrected chi connectivity index (χ2v) is 10.2. The third kappa shape index (κ3) is 5.63. The first-order chi connectivity index (χ1) is 15.4. The highest BCUT2D eigenvalue weighted by molar-refractivity contribution is 7.98. The molecule has 0 aromatic heterocycles. The van der Waals surface area contributed by atoms with Gasteiger partial charge in [-0.1, -0.05) is 25.5 Å². The van der Waals surface area contributed by atoms with Gasteiger partial charge in [-0.05, 0) is 55.9 Å². The molecule has 0 radical (unpaired) electrons. The molecule has 0 unspecified atom stereocenters. The Morgan fingerprint density at radius 2 is 1.78 bits per heavy atom. The Balaban J connectivity index is 1.88. The molecule has 32 heavy (non-hydrogen) atoms. The van der Waals surface area contributed by atoms with Crippen molar-refractivity contribution in [3.05, 3.63) is 53.6 Å². The molecule has 0 aliphatic carbocycles. The number of likely N-dealkylation sites (tertiary alicyclic amines) is 1. The van der Waals surface area contributed by atoms with Gasteiger partial charge in [0, 0.05) is 24.5 Å². The van der Waals surface area contributed by atoms with Crippen molar-refractivity contribution in [2.75, 3.05) is 30.6 Å². The molecule has 1 fully saturated rings. The Morgan fingerprint density at radius 3 is 2.47 bits per heavy atom. The van der Waals surface area contributed by atoms with Gasteiger partial charge in [0.05, 0.1) is 21.7 Å². The predicted molar refractivity (Wildman–Crippen MR) is 128 cm³/mol. The van der Waals surface area contributed by atoms with E-state index in [9.17, 15) is 18.0 Å². The van der Waals surface area contributed by atoms with Crippen LogP contribution in [0, 0.1) is 0 Å². The molecule has 0 atom stereocenters. The molecular formula is C23H29N3O4S2. The highest BCUT2D eigenvalue weighted by atomic mass is 32.2. The van der Waals surface area contributed by atoms with Crippen LogP contribution < -0.4 is 10.0 Å². The van der Waals surface area contributed by atoms with Crippen molar-refractivity contribution in [1.29, 1.82) is 0 Å². The van der Waals surface area contributed by atoms with Gasteiger partial charge in [0.1, 0.15) is 0 Å². The third-order valence-corrected chi connectivity index (χ3v) is 7.50. The Hall–Kier alpha value is -2.52. The van der Waals surface area contributed by atoms with Gasteiger partial charge in [-0.3, -0.25) is 14.3 Å². The zero-order valence-corrected chi connectivity index (χ0v) is 20.0. The van der Waals surface area contributed by atoms with Crippen molar-refractivity contribution >= 4 is 39.3 Å². The molecule has 2 amide bonds. The second kappa shape index (κ2) is 10.9. The quantitative estimate of drug-likeness (QED) is 0.423. The highest BCUT2D eigenvalue weighted by Crippen LogP contribution is 2.28. The minimum absolute atomic E-state index is 0.0148. The van der Waals surface area contributed by atoms with Crippen molar-refractivity contribution in [2.45, 2.75) is 42.4 Å². The Labute approximate surface area is 194 Å². The standard InChI is InChI=1S/C23H29N3O4S2/c1-3-4-13-24-22(27)18-9-5-6-10-20(18)25-32(29,30)17-11-12-21(31-2)19(16-17)23(28)26-14-7-8-15-26/h5-6,9-12,16,25H,3-4,7-8,13-15H2,1-2H3,(H,24,27). The van der Waals surface area contributed by atoms with Crippen molar-refractivity contribution in [3.8, 4) is 0 Å². The van der Waals surface area contributed by atoms with E-state index in [1.807, 2.05) is 13.2 Å². The topological polar surface area (TPSA) is 95.6 Å². The minimum atomic E-state index is -4.01. The van der Waals surface area contributed by atoms with Crippen LogP contribution in [0.3, 0.4) is 0 Å². The van der Waals surface area contributed by atoms with Crippen LogP contribution in [-0.4, -0.2) is 51.0 Å². The summed E-state index contributed by atoms with van der Waals surface area (Å²) < 4.78 is 28.8. The van der Waals surface area contributed by atoms with Crippen molar-refractivity contribution in [3.63, 3.8) is 0 Å². The molecular weight excluding hydrogens is 446 g/mol. The fraction of sp³-hybridized carbons (Fsp3) is 0.391. The highest BCUT2D eigenvalue weighted by Gasteiger charge is 2.25. The van der Waals surface area contributed by atoms with E-state index >= 15 is 0 Å². The fourth-order valence-corrected chi connectivity index (χ4v) is 5.24. The van der Waals surface area contributed by atoms with Crippen LogP contribution in [0.15, 0.2) is 52.3 Å². The summed E-state index contributed by atoms with van der Waals surface area (Å²) >= 11 is 1.41. The number of thioether (sulfide) groups is 1. The first kappa shape index (κ1) is 24.1. The molecule has 0 bridgehead atoms. The van der Waals surface area contributed by atoms with Crippen molar-refractivity contribution in [1.82, 2.24) is 10.2 Å². The normalized spacial score (nSPS) is 13.8. The summed E-state index contributed by atoms with van der Waals surface area (Å²) in [6.07, 6.45) is 5.55. The maximum atomic E-state index is 13.2. The molecule has 2 N–H and O–H groups in total. The van der Waals surface area contributed by atoms with Crippen LogP contribution in [-0.2, 0) is 10.0 Å². The van der Waals surface area contributed by atoms with Gasteiger partial charge in [-0.2, -0.15) is 0 Å². The van der Waals surface area contributed by atoms with Crippen molar-refractivity contribution < 1.29 is 18.0 Å². The number of anilines is 1. The summed E-state index contributed by atoms with van der Waals surface area (Å²) in [7, 11) is -4.01. The van der Waals surface area contributed by atoms with Crippen LogP contribution in [0.4, 0.5) is 5.69 Å². The van der Waals surface area contributed by atoms with Crippen molar-refractivity contribution in [2.24, 2.45) is 0 Å². The lowest BCUT2D eigenvalue weighted by Gasteiger charge is -2.18. The molecule has 2 aromatic rings. The molecule has 3 rings (SSSR count). The number of nitrogens with zero attached hydrogens (tertiary/aromatic N) is 1. The van der Waals surface area contributed by atoms with Gasteiger partial charge in [-0.25, -0.2) is 8.42 Å². The number of benzene rings is 2. The van der Waals surface area contributed by atoms with E-state index in [2.05, 4.69) is 10.0 Å². The van der Waals surface area contributed by atoms with E-state index in [0.29, 0.717) is 25.2 Å². The first-order valence-corrected chi connectivity index (χ1v) is 13.5. The fourth-order valence-electron chi connectivity index (χ4n) is 3.56. The maximum absolute atomic E-state index is 13.2. The van der Waals surface area contributed by atoms with E-state index in [4.69, 9.17) is 0 Å². The zero-order valence-electron chi connectivity index (χ0n) is 18.4. The molecule has 2 aromatic carbocycles. The largest absolute Gasteiger partial charge is 0.352 e. The number of unbranched alkanes of at least 4 members (excludes halogenated alkanes) is 1. The Bertz CT molecular complexity index is 1080. The molecule has 0 spiro atoms. The number of para-hydroxylation sites is 1. The summed E-state index contributed by atoms with van der Waals surface area (Å²) in [5, 5.41) is 2.81. The number of carbonyl (C=O) groups excluding carboxylic acids is 2. The van der Waals surface area contributed by atoms with Gasteiger partial charge in [0.25, 0.3) is 21.8 Å². The Kier molecular flexibility index (Phi) is 8.20. The smallest absolute Gasteiger partial charge is 0.261 e. The van der Waals surface area contributed by atoms with Gasteiger partial charge in [0.15, 0.2) is 0 Å². The zero-order chi connectivity index (χ0) is 23.1. The number of sulfonamides is 1. The number of hydrogen-bond acceptors (Lipinski definition) is 5. The summed E-state index contributed by atoms with van der Waals surface area (Å²) in [6.45, 7) is 3.92. The second-order valence-electron chi connectivity index (χ2n) is 7.62. The number of rotatable bonds is 9. The average Bonchev–Trinajstić information content (AvgIpc) is 3.33. The summed E-state index contributed by atoms with van der Waals surface area (Å²) in [6, 6.07) is 11.1. The van der Waals surface area contributed by atoms with Crippen LogP contribution in [0.25, 0.3) is 0 Å². The minimum Gasteiger partial charge on any atom is -0.352 e. The van der Waals surface area contributed by atoms with E-state index < -0.39 is 10.0 Å². The average molecular weight is 476 g/mol. The molecule has 7 nitrogen and oxygen atoms in total. The van der Waals surface area contributed by atoms with E-state index in [-0.39, 0.29) is 28.0 Å². The SMILES string of the molecule is CCCCNC(=O)c1ccccc1NS(=O)(=O)c1ccc(SC)c(C(=O)N2CCCC2)c1. The first-order valence-electron chi connectivity index (χ1n) is 10.7. The summed E-state index contributed by atoms with van der Waals surface area (Å²) in [4.78, 5) is 28.0. The summed E-state index contributed by atoms with van der Waals surface area (Å²) in [5.74, 6) is -0.487. The van der Waals surface area contributed by atoms with Gasteiger partial charge < -0.3 is 10.2 Å². The molecule has 1 heterocycles. The molecule has 1 saturated heterocycles. The van der Waals surface area contributed by atoms with Crippen LogP contribution in [0.5, 0.6) is 0 Å². The molecule has 1 aliphatic heterocycles. The van der Waals surface area contributed by atoms with Gasteiger partial charge >= 0.3 is 0 Å². The van der Waals surface area contributed by atoms with Gasteiger partial charge in [-0.15, -0.1) is 11.8 Å². The monoisotopic (exact) mass is 475 g/mol. The number of carbonyl (C=O) groups is 2. The molecule has 0 saturated carbocycles. The van der Waals surface area contributed by atoms with Crippen LogP contribution >= 0.6 is 11.8 Å². The number of hydrogen-bond donors (Lipinski definition) is 2. The van der Waals surface area contributed by atoms with Crippen LogP contribution in [0.1, 0.15) is 53.3 Å². The maximum Gasteiger partial charge on any atom is 0.261 e. The lowest BCUT2D eigenvalue weighted by Crippen LogP contribution is -2.28. The Morgan fingerprint density at radius 1 is 1.06 bits per heavy atom. The number of amides is 2. The van der Waals surface area contributed by atoms with E-state index in [1.165, 1.54) is 23.9 Å². The number of nitrogens with one attached hydrogen (secondary N) is 2. The molecule has 172 valence electrons. The van der Waals surface area contributed by atoms with E-state index in [1.54, 1.807) is 35.2 Å². The third-order valence-electron chi connectivity index (χ3n) is 5.34. The molecule has 1 aliphatic rings. The van der Waals surface area contributed by atoms with Crippen LogP contribution in [0.2, 0.25) is 0 Å². The lowest BCUT2D eigenvalue weighted by atomic mass is 10.1. The lowest BCUT2D eigenvalue weighted by molar-refractivity contribution is 0.0788. The predicted octanol–water partition coefficient (Wildman–Crippen LogP) is 3.98. The molecule has 9 heteroatoms.